The standard InChI is InChI=1S/C21H39NO3.Na.H/c1-3-5-6-7-8-9-10-11-12-13-14-15-16-17-18-19-21(24)25-22-20(23)4-2;;/h4H,2-3,5-19H2,1H3,(H,22,23);;. The first kappa shape index (κ1) is 27.9. The van der Waals surface area contributed by atoms with Crippen molar-refractivity contribution in [2.45, 2.75) is 110 Å². The van der Waals surface area contributed by atoms with Crippen LogP contribution in [0.3, 0.4) is 0 Å². The summed E-state index contributed by atoms with van der Waals surface area (Å²) in [5.74, 6) is -0.880. The maximum atomic E-state index is 11.3. The number of amides is 1. The fourth-order valence-corrected chi connectivity index (χ4v) is 2.84. The van der Waals surface area contributed by atoms with Crippen molar-refractivity contribution in [2.75, 3.05) is 0 Å². The average Bonchev–Trinajstić information content (AvgIpc) is 2.62. The summed E-state index contributed by atoms with van der Waals surface area (Å²) >= 11 is 0. The number of carbonyl (C=O) groups excluding carboxylic acids is 2. The second-order valence-electron chi connectivity index (χ2n) is 6.84. The Morgan fingerprint density at radius 3 is 1.54 bits per heavy atom. The van der Waals surface area contributed by atoms with E-state index in [1.807, 2.05) is 5.48 Å². The predicted molar refractivity (Wildman–Crippen MR) is 111 cm³/mol. The van der Waals surface area contributed by atoms with Gasteiger partial charge in [-0.2, -0.15) is 5.48 Å². The van der Waals surface area contributed by atoms with Crippen molar-refractivity contribution in [3.8, 4) is 0 Å². The molecule has 0 fully saturated rings. The van der Waals surface area contributed by atoms with Crippen molar-refractivity contribution in [1.29, 1.82) is 0 Å². The van der Waals surface area contributed by atoms with E-state index in [1.54, 1.807) is 0 Å². The van der Waals surface area contributed by atoms with Gasteiger partial charge in [-0.1, -0.05) is 103 Å². The van der Waals surface area contributed by atoms with Crippen molar-refractivity contribution in [3.63, 3.8) is 0 Å². The number of hydrogen-bond acceptors (Lipinski definition) is 3. The summed E-state index contributed by atoms with van der Waals surface area (Å²) in [5, 5.41) is 0. The Hall–Kier alpha value is -0.320. The van der Waals surface area contributed by atoms with Crippen molar-refractivity contribution in [1.82, 2.24) is 5.48 Å². The van der Waals surface area contributed by atoms with Crippen molar-refractivity contribution in [2.24, 2.45) is 0 Å². The molecule has 4 nitrogen and oxygen atoms in total. The van der Waals surface area contributed by atoms with Gasteiger partial charge in [-0.15, -0.1) is 0 Å². The van der Waals surface area contributed by atoms with E-state index in [0.717, 1.165) is 18.9 Å². The SMILES string of the molecule is C=CC(=O)NOC(=O)CCCCCCCCCCCCCCCCC.[NaH]. The number of carbonyl (C=O) groups is 2. The van der Waals surface area contributed by atoms with Crippen LogP contribution in [0.5, 0.6) is 0 Å². The quantitative estimate of drug-likeness (QED) is 0.161. The zero-order valence-electron chi connectivity index (χ0n) is 16.3. The molecule has 0 saturated heterocycles. The van der Waals surface area contributed by atoms with Gasteiger partial charge in [0, 0.05) is 6.42 Å². The van der Waals surface area contributed by atoms with Crippen LogP contribution in [0.1, 0.15) is 110 Å². The van der Waals surface area contributed by atoms with E-state index in [0.29, 0.717) is 6.42 Å². The second kappa shape index (κ2) is 22.7. The minimum absolute atomic E-state index is 0. The van der Waals surface area contributed by atoms with E-state index >= 15 is 0 Å². The van der Waals surface area contributed by atoms with Crippen molar-refractivity contribution in [3.05, 3.63) is 12.7 Å². The molecule has 0 aromatic heterocycles. The molecule has 148 valence electrons. The molecule has 0 aliphatic carbocycles. The predicted octanol–water partition coefficient (Wildman–Crippen LogP) is 5.36. The second-order valence-corrected chi connectivity index (χ2v) is 6.84. The molecule has 0 spiro atoms. The number of nitrogens with one attached hydrogen (secondary N) is 1. The molecule has 0 aliphatic heterocycles. The van der Waals surface area contributed by atoms with Crippen LogP contribution < -0.4 is 5.48 Å². The Morgan fingerprint density at radius 2 is 1.15 bits per heavy atom. The van der Waals surface area contributed by atoms with Crippen LogP contribution >= 0.6 is 0 Å². The van der Waals surface area contributed by atoms with Crippen LogP contribution in [-0.4, -0.2) is 41.4 Å². The number of hydrogen-bond donors (Lipinski definition) is 1. The van der Waals surface area contributed by atoms with Crippen LogP contribution in [0.4, 0.5) is 0 Å². The molecule has 0 bridgehead atoms. The van der Waals surface area contributed by atoms with Gasteiger partial charge in [-0.3, -0.25) is 4.79 Å². The molecule has 0 heterocycles. The summed E-state index contributed by atoms with van der Waals surface area (Å²) < 4.78 is 0. The van der Waals surface area contributed by atoms with Gasteiger partial charge in [-0.25, -0.2) is 4.79 Å². The topological polar surface area (TPSA) is 55.4 Å². The van der Waals surface area contributed by atoms with Crippen LogP contribution in [0.2, 0.25) is 0 Å². The summed E-state index contributed by atoms with van der Waals surface area (Å²) in [5.41, 5.74) is 2.03. The van der Waals surface area contributed by atoms with Gasteiger partial charge >= 0.3 is 35.5 Å². The average molecular weight is 378 g/mol. The third-order valence-corrected chi connectivity index (χ3v) is 4.44. The van der Waals surface area contributed by atoms with Gasteiger partial charge in [0.25, 0.3) is 5.91 Å². The van der Waals surface area contributed by atoms with Crippen LogP contribution in [0, 0.1) is 0 Å². The van der Waals surface area contributed by atoms with E-state index in [2.05, 4.69) is 18.3 Å². The van der Waals surface area contributed by atoms with Gasteiger partial charge in [0.1, 0.15) is 0 Å². The summed E-state index contributed by atoms with van der Waals surface area (Å²) in [6.07, 6.45) is 20.9. The molecule has 1 N–H and O–H groups in total. The summed E-state index contributed by atoms with van der Waals surface area (Å²) in [6.45, 7) is 5.54. The van der Waals surface area contributed by atoms with Crippen LogP contribution in [-0.2, 0) is 14.4 Å². The Bertz CT molecular complexity index is 348. The van der Waals surface area contributed by atoms with Gasteiger partial charge in [0.05, 0.1) is 0 Å². The molecule has 0 atom stereocenters. The first-order valence-electron chi connectivity index (χ1n) is 10.3. The van der Waals surface area contributed by atoms with Gasteiger partial charge in [0.15, 0.2) is 0 Å². The molecule has 5 heteroatoms. The Kier molecular flexibility index (Phi) is 24.4. The summed E-state index contributed by atoms with van der Waals surface area (Å²) in [4.78, 5) is 26.8. The van der Waals surface area contributed by atoms with E-state index in [1.165, 1.54) is 83.5 Å². The van der Waals surface area contributed by atoms with E-state index in [9.17, 15) is 9.59 Å². The maximum absolute atomic E-state index is 11.3. The molecule has 0 saturated carbocycles. The van der Waals surface area contributed by atoms with Gasteiger partial charge < -0.3 is 4.84 Å². The molecular formula is C21H40NNaO3. The zero-order valence-corrected chi connectivity index (χ0v) is 16.3. The Morgan fingerprint density at radius 1 is 0.769 bits per heavy atom. The molecule has 0 aromatic carbocycles. The monoisotopic (exact) mass is 377 g/mol. The van der Waals surface area contributed by atoms with Gasteiger partial charge in [0.2, 0.25) is 0 Å². The van der Waals surface area contributed by atoms with E-state index < -0.39 is 5.91 Å². The molecule has 0 rings (SSSR count). The molecule has 26 heavy (non-hydrogen) atoms. The van der Waals surface area contributed by atoms with Crippen LogP contribution in [0.25, 0.3) is 0 Å². The van der Waals surface area contributed by atoms with Crippen molar-refractivity contribution >= 4 is 41.4 Å². The fourth-order valence-electron chi connectivity index (χ4n) is 2.84. The van der Waals surface area contributed by atoms with Crippen LogP contribution in [0.15, 0.2) is 12.7 Å². The third-order valence-electron chi connectivity index (χ3n) is 4.44. The third kappa shape index (κ3) is 21.7. The molecule has 0 aromatic rings. The van der Waals surface area contributed by atoms with E-state index in [-0.39, 0.29) is 35.5 Å². The molecular weight excluding hydrogens is 337 g/mol. The first-order valence-corrected chi connectivity index (χ1v) is 10.3. The first-order chi connectivity index (χ1) is 12.2. The normalized spacial score (nSPS) is 10.0. The molecule has 1 amide bonds. The fraction of sp³-hybridized carbons (Fsp3) is 0.810. The van der Waals surface area contributed by atoms with Gasteiger partial charge in [-0.05, 0) is 12.5 Å². The van der Waals surface area contributed by atoms with Crippen molar-refractivity contribution < 1.29 is 14.4 Å². The molecule has 0 radical (unpaired) electrons. The molecule has 0 unspecified atom stereocenters. The zero-order chi connectivity index (χ0) is 18.6. The Labute approximate surface area is 183 Å². The number of hydroxylamine groups is 1. The summed E-state index contributed by atoms with van der Waals surface area (Å²) in [7, 11) is 0. The summed E-state index contributed by atoms with van der Waals surface area (Å²) in [6, 6.07) is 0. The number of unbranched alkanes of at least 4 members (excludes halogenated alkanes) is 14. The van der Waals surface area contributed by atoms with E-state index in [4.69, 9.17) is 0 Å². The minimum atomic E-state index is -0.496. The molecule has 0 aliphatic rings. The number of rotatable bonds is 17. The Balaban J connectivity index is 0.